The SMILES string of the molecule is CN(C)c1ccc2cc(NC(=O)CC3COC(=O)C3)ccc2c1. The van der Waals surface area contributed by atoms with Gasteiger partial charge in [-0.25, -0.2) is 0 Å². The maximum Gasteiger partial charge on any atom is 0.306 e. The van der Waals surface area contributed by atoms with Crippen LogP contribution >= 0.6 is 0 Å². The van der Waals surface area contributed by atoms with Gasteiger partial charge >= 0.3 is 5.97 Å². The molecule has 1 N–H and O–H groups in total. The van der Waals surface area contributed by atoms with E-state index in [1.54, 1.807) is 0 Å². The van der Waals surface area contributed by atoms with Gasteiger partial charge in [-0.05, 0) is 35.0 Å². The Kier molecular flexibility index (Phi) is 4.19. The Bertz CT molecular complexity index is 755. The lowest BCUT2D eigenvalue weighted by Gasteiger charge is -2.13. The molecule has 2 aromatic carbocycles. The molecule has 120 valence electrons. The second-order valence-electron chi connectivity index (χ2n) is 6.15. The summed E-state index contributed by atoms with van der Waals surface area (Å²) in [6, 6.07) is 12.1. The first kappa shape index (κ1) is 15.3. The average Bonchev–Trinajstić information content (AvgIpc) is 2.91. The minimum Gasteiger partial charge on any atom is -0.465 e. The quantitative estimate of drug-likeness (QED) is 0.882. The highest BCUT2D eigenvalue weighted by Gasteiger charge is 2.25. The smallest absolute Gasteiger partial charge is 0.306 e. The molecule has 1 heterocycles. The van der Waals surface area contributed by atoms with E-state index in [4.69, 9.17) is 4.74 Å². The molecule has 0 aliphatic carbocycles. The summed E-state index contributed by atoms with van der Waals surface area (Å²) in [5, 5.41) is 5.10. The topological polar surface area (TPSA) is 58.6 Å². The molecule has 0 radical (unpaired) electrons. The van der Waals surface area contributed by atoms with Crippen LogP contribution in [0.5, 0.6) is 0 Å². The van der Waals surface area contributed by atoms with E-state index in [1.807, 2.05) is 38.4 Å². The maximum atomic E-state index is 12.1. The summed E-state index contributed by atoms with van der Waals surface area (Å²) in [6.07, 6.45) is 0.641. The second kappa shape index (κ2) is 6.28. The summed E-state index contributed by atoms with van der Waals surface area (Å²) in [5.74, 6) is -0.312. The number of carbonyl (C=O) groups is 2. The minimum atomic E-state index is -0.217. The molecule has 1 fully saturated rings. The number of nitrogens with zero attached hydrogens (tertiary/aromatic N) is 1. The molecule has 0 spiro atoms. The number of anilines is 2. The van der Waals surface area contributed by atoms with Crippen molar-refractivity contribution in [3.8, 4) is 0 Å². The Labute approximate surface area is 135 Å². The number of benzene rings is 2. The van der Waals surface area contributed by atoms with Gasteiger partial charge in [0.1, 0.15) is 0 Å². The van der Waals surface area contributed by atoms with E-state index in [9.17, 15) is 9.59 Å². The predicted octanol–water partition coefficient (Wildman–Crippen LogP) is 2.80. The first-order chi connectivity index (χ1) is 11.0. The van der Waals surface area contributed by atoms with E-state index in [-0.39, 0.29) is 17.8 Å². The van der Waals surface area contributed by atoms with Gasteiger partial charge in [0, 0.05) is 37.8 Å². The van der Waals surface area contributed by atoms with Crippen LogP contribution < -0.4 is 10.2 Å². The summed E-state index contributed by atoms with van der Waals surface area (Å²) in [4.78, 5) is 25.2. The van der Waals surface area contributed by atoms with Crippen molar-refractivity contribution in [2.24, 2.45) is 5.92 Å². The van der Waals surface area contributed by atoms with Crippen LogP contribution in [0.25, 0.3) is 10.8 Å². The summed E-state index contributed by atoms with van der Waals surface area (Å²) < 4.78 is 4.88. The molecule has 5 nitrogen and oxygen atoms in total. The van der Waals surface area contributed by atoms with Gasteiger partial charge in [-0.2, -0.15) is 0 Å². The van der Waals surface area contributed by atoms with Gasteiger partial charge in [-0.3, -0.25) is 9.59 Å². The number of rotatable bonds is 4. The first-order valence-electron chi connectivity index (χ1n) is 7.68. The molecule has 5 heteroatoms. The van der Waals surface area contributed by atoms with E-state index >= 15 is 0 Å². The van der Waals surface area contributed by atoms with Crippen molar-refractivity contribution < 1.29 is 14.3 Å². The Morgan fingerprint density at radius 1 is 1.22 bits per heavy atom. The standard InChI is InChI=1S/C18H20N2O3/c1-20(2)16-6-4-13-9-15(5-3-14(13)10-16)19-17(21)7-12-8-18(22)23-11-12/h3-6,9-10,12H,7-8,11H2,1-2H3,(H,19,21). The highest BCUT2D eigenvalue weighted by molar-refractivity contribution is 5.95. The molecule has 1 unspecified atom stereocenters. The number of carbonyl (C=O) groups excluding carboxylic acids is 2. The monoisotopic (exact) mass is 312 g/mol. The van der Waals surface area contributed by atoms with E-state index in [0.29, 0.717) is 19.4 Å². The summed E-state index contributed by atoms with van der Waals surface area (Å²) in [5.41, 5.74) is 1.91. The number of fused-ring (bicyclic) bond motifs is 1. The second-order valence-corrected chi connectivity index (χ2v) is 6.15. The summed E-state index contributed by atoms with van der Waals surface area (Å²) >= 11 is 0. The molecule has 1 aliphatic heterocycles. The van der Waals surface area contributed by atoms with Crippen molar-refractivity contribution in [2.45, 2.75) is 12.8 Å². The van der Waals surface area contributed by atoms with Gasteiger partial charge in [0.05, 0.1) is 13.0 Å². The molecule has 1 saturated heterocycles. The van der Waals surface area contributed by atoms with Crippen LogP contribution in [0.1, 0.15) is 12.8 Å². The molecular weight excluding hydrogens is 292 g/mol. The van der Waals surface area contributed by atoms with Gasteiger partial charge in [0.25, 0.3) is 0 Å². The Hall–Kier alpha value is -2.56. The molecule has 1 atom stereocenters. The molecule has 3 rings (SSSR count). The zero-order valence-electron chi connectivity index (χ0n) is 13.3. The highest BCUT2D eigenvalue weighted by Crippen LogP contribution is 2.24. The maximum absolute atomic E-state index is 12.1. The molecule has 1 amide bonds. The molecule has 1 aliphatic rings. The van der Waals surface area contributed by atoms with E-state index in [2.05, 4.69) is 22.3 Å². The third-order valence-electron chi connectivity index (χ3n) is 4.03. The Morgan fingerprint density at radius 3 is 2.65 bits per heavy atom. The van der Waals surface area contributed by atoms with Crippen LogP contribution in [-0.2, 0) is 14.3 Å². The normalized spacial score (nSPS) is 17.1. The zero-order chi connectivity index (χ0) is 16.4. The molecule has 23 heavy (non-hydrogen) atoms. The first-order valence-corrected chi connectivity index (χ1v) is 7.68. The molecule has 0 bridgehead atoms. The van der Waals surface area contributed by atoms with E-state index in [0.717, 1.165) is 22.1 Å². The van der Waals surface area contributed by atoms with Crippen molar-refractivity contribution >= 4 is 34.0 Å². The van der Waals surface area contributed by atoms with Crippen LogP contribution in [0, 0.1) is 5.92 Å². The average molecular weight is 312 g/mol. The van der Waals surface area contributed by atoms with Crippen LogP contribution in [0.2, 0.25) is 0 Å². The van der Waals surface area contributed by atoms with E-state index in [1.165, 1.54) is 0 Å². The van der Waals surface area contributed by atoms with Crippen LogP contribution in [0.3, 0.4) is 0 Å². The van der Waals surface area contributed by atoms with Gasteiger partial charge < -0.3 is 15.0 Å². The zero-order valence-corrected chi connectivity index (χ0v) is 13.3. The van der Waals surface area contributed by atoms with Crippen LogP contribution in [0.4, 0.5) is 11.4 Å². The van der Waals surface area contributed by atoms with Crippen molar-refractivity contribution in [2.75, 3.05) is 30.9 Å². The minimum absolute atomic E-state index is 0.00870. The number of esters is 1. The van der Waals surface area contributed by atoms with Crippen LogP contribution in [-0.4, -0.2) is 32.6 Å². The molecule has 0 saturated carbocycles. The summed E-state index contributed by atoms with van der Waals surface area (Å²) in [6.45, 7) is 0.345. The molecular formula is C18H20N2O3. The van der Waals surface area contributed by atoms with Gasteiger partial charge in [0.15, 0.2) is 0 Å². The van der Waals surface area contributed by atoms with Gasteiger partial charge in [0.2, 0.25) is 5.91 Å². The number of cyclic esters (lactones) is 1. The van der Waals surface area contributed by atoms with Crippen LogP contribution in [0.15, 0.2) is 36.4 Å². The molecule has 0 aromatic heterocycles. The van der Waals surface area contributed by atoms with E-state index < -0.39 is 0 Å². The largest absolute Gasteiger partial charge is 0.465 e. The number of amides is 1. The number of ether oxygens (including phenoxy) is 1. The Balaban J connectivity index is 1.69. The number of nitrogens with one attached hydrogen (secondary N) is 1. The fraction of sp³-hybridized carbons (Fsp3) is 0.333. The van der Waals surface area contributed by atoms with Crippen molar-refractivity contribution in [1.82, 2.24) is 0 Å². The lowest BCUT2D eigenvalue weighted by molar-refractivity contribution is -0.138. The third kappa shape index (κ3) is 3.62. The summed E-state index contributed by atoms with van der Waals surface area (Å²) in [7, 11) is 4.01. The fourth-order valence-electron chi connectivity index (χ4n) is 2.76. The highest BCUT2D eigenvalue weighted by atomic mass is 16.5. The van der Waals surface area contributed by atoms with Gasteiger partial charge in [-0.15, -0.1) is 0 Å². The lowest BCUT2D eigenvalue weighted by atomic mass is 10.0. The van der Waals surface area contributed by atoms with Crippen molar-refractivity contribution in [3.05, 3.63) is 36.4 Å². The Morgan fingerprint density at radius 2 is 1.96 bits per heavy atom. The number of hydrogen-bond acceptors (Lipinski definition) is 4. The fourth-order valence-corrected chi connectivity index (χ4v) is 2.76. The van der Waals surface area contributed by atoms with Crippen molar-refractivity contribution in [3.63, 3.8) is 0 Å². The lowest BCUT2D eigenvalue weighted by Crippen LogP contribution is -2.16. The molecule has 2 aromatic rings. The van der Waals surface area contributed by atoms with Gasteiger partial charge in [-0.1, -0.05) is 12.1 Å². The third-order valence-corrected chi connectivity index (χ3v) is 4.03. The predicted molar refractivity (Wildman–Crippen MR) is 90.6 cm³/mol. The number of hydrogen-bond donors (Lipinski definition) is 1. The van der Waals surface area contributed by atoms with Crippen molar-refractivity contribution in [1.29, 1.82) is 0 Å².